The monoisotopic (exact) mass is 217 g/mol. The largest absolute Gasteiger partial charge is 0.256 e. The molecule has 0 amide bonds. The van der Waals surface area contributed by atoms with Gasteiger partial charge in [0.1, 0.15) is 5.69 Å². The average Bonchev–Trinajstić information content (AvgIpc) is 2.02. The smallest absolute Gasteiger partial charge is 0.224 e. The molecule has 3 nitrogen and oxygen atoms in total. The van der Waals surface area contributed by atoms with Crippen molar-refractivity contribution in [3.8, 4) is 0 Å². The Labute approximate surface area is 86.8 Å². The van der Waals surface area contributed by atoms with Crippen molar-refractivity contribution < 1.29 is 0 Å². The van der Waals surface area contributed by atoms with Crippen LogP contribution in [0.2, 0.25) is 10.4 Å². The summed E-state index contributed by atoms with van der Waals surface area (Å²) in [7, 11) is 0. The molecular weight excluding hydrogens is 209 g/mol. The fourth-order valence-corrected chi connectivity index (χ4v) is 1.35. The normalized spacial score (nSPS) is 11.1. The van der Waals surface area contributed by atoms with Gasteiger partial charge < -0.3 is 0 Å². The molecule has 1 rings (SSSR count). The quantitative estimate of drug-likeness (QED) is 0.434. The molecule has 0 fully saturated rings. The Balaban J connectivity index is 3.13. The summed E-state index contributed by atoms with van der Waals surface area (Å²) in [5.74, 6) is 0. The van der Waals surface area contributed by atoms with E-state index in [9.17, 15) is 0 Å². The van der Waals surface area contributed by atoms with Crippen LogP contribution in [-0.2, 0) is 0 Å². The Morgan fingerprint density at radius 3 is 2.62 bits per heavy atom. The highest BCUT2D eigenvalue weighted by atomic mass is 35.5. The zero-order chi connectivity index (χ0) is 9.84. The zero-order valence-corrected chi connectivity index (χ0v) is 8.89. The van der Waals surface area contributed by atoms with Crippen molar-refractivity contribution in [3.05, 3.63) is 16.1 Å². The van der Waals surface area contributed by atoms with E-state index in [1.807, 2.05) is 6.92 Å². The SMILES string of the molecule is CC/C=N\c1c(C)nc(Cl)nc1Cl. The minimum Gasteiger partial charge on any atom is -0.256 e. The molecule has 5 heteroatoms. The van der Waals surface area contributed by atoms with E-state index >= 15 is 0 Å². The molecule has 0 N–H and O–H groups in total. The van der Waals surface area contributed by atoms with E-state index in [1.54, 1.807) is 13.1 Å². The standard InChI is InChI=1S/C8H9Cl2N3/c1-3-4-11-6-5(2)12-8(10)13-7(6)9/h4H,3H2,1-2H3/b11-4-. The highest BCUT2D eigenvalue weighted by Crippen LogP contribution is 2.26. The average molecular weight is 218 g/mol. The van der Waals surface area contributed by atoms with Crippen molar-refractivity contribution in [3.63, 3.8) is 0 Å². The fraction of sp³-hybridized carbons (Fsp3) is 0.375. The number of hydrogen-bond acceptors (Lipinski definition) is 3. The second-order valence-electron chi connectivity index (χ2n) is 2.44. The van der Waals surface area contributed by atoms with Crippen LogP contribution in [0, 0.1) is 6.92 Å². The van der Waals surface area contributed by atoms with Gasteiger partial charge in [0, 0.05) is 6.21 Å². The molecule has 70 valence electrons. The lowest BCUT2D eigenvalue weighted by atomic mass is 10.4. The van der Waals surface area contributed by atoms with Gasteiger partial charge in [-0.3, -0.25) is 4.99 Å². The van der Waals surface area contributed by atoms with Gasteiger partial charge in [-0.05, 0) is 24.9 Å². The summed E-state index contributed by atoms with van der Waals surface area (Å²) in [5, 5.41) is 0.445. The van der Waals surface area contributed by atoms with Gasteiger partial charge in [-0.1, -0.05) is 18.5 Å². The van der Waals surface area contributed by atoms with Gasteiger partial charge in [-0.25, -0.2) is 9.97 Å². The highest BCUT2D eigenvalue weighted by Gasteiger charge is 2.06. The molecule has 1 aromatic rings. The number of aryl methyl sites for hydroxylation is 1. The number of aromatic nitrogens is 2. The van der Waals surface area contributed by atoms with Crippen LogP contribution in [0.1, 0.15) is 19.0 Å². The minimum atomic E-state index is 0.151. The number of nitrogens with zero attached hydrogens (tertiary/aromatic N) is 3. The lowest BCUT2D eigenvalue weighted by Crippen LogP contribution is -1.89. The maximum absolute atomic E-state index is 5.82. The number of hydrogen-bond donors (Lipinski definition) is 0. The van der Waals surface area contributed by atoms with Crippen molar-refractivity contribution in [1.82, 2.24) is 9.97 Å². The first-order valence-electron chi connectivity index (χ1n) is 3.87. The predicted octanol–water partition coefficient (Wildman–Crippen LogP) is 3.20. The van der Waals surface area contributed by atoms with Crippen LogP contribution >= 0.6 is 23.2 Å². The molecule has 1 aromatic heterocycles. The molecule has 13 heavy (non-hydrogen) atoms. The molecule has 0 bridgehead atoms. The molecular formula is C8H9Cl2N3. The zero-order valence-electron chi connectivity index (χ0n) is 7.38. The summed E-state index contributed by atoms with van der Waals surface area (Å²) >= 11 is 11.4. The van der Waals surface area contributed by atoms with Gasteiger partial charge in [0.15, 0.2) is 5.15 Å². The molecule has 0 spiro atoms. The van der Waals surface area contributed by atoms with E-state index < -0.39 is 0 Å². The van der Waals surface area contributed by atoms with Gasteiger partial charge in [-0.15, -0.1) is 0 Å². The highest BCUT2D eigenvalue weighted by molar-refractivity contribution is 6.33. The van der Waals surface area contributed by atoms with Crippen LogP contribution in [0.25, 0.3) is 0 Å². The first kappa shape index (κ1) is 10.4. The van der Waals surface area contributed by atoms with Gasteiger partial charge in [0.25, 0.3) is 0 Å². The molecule has 0 aliphatic heterocycles. The van der Waals surface area contributed by atoms with E-state index in [4.69, 9.17) is 23.2 Å². The summed E-state index contributed by atoms with van der Waals surface area (Å²) < 4.78 is 0. The molecule has 0 radical (unpaired) electrons. The Kier molecular flexibility index (Phi) is 3.63. The molecule has 0 saturated carbocycles. The molecule has 0 atom stereocenters. The molecule has 1 heterocycles. The second-order valence-corrected chi connectivity index (χ2v) is 3.13. The summed E-state index contributed by atoms with van der Waals surface area (Å²) in [6.45, 7) is 3.78. The predicted molar refractivity (Wildman–Crippen MR) is 55.2 cm³/mol. The van der Waals surface area contributed by atoms with E-state index in [2.05, 4.69) is 15.0 Å². The summed E-state index contributed by atoms with van der Waals surface area (Å²) in [4.78, 5) is 11.9. The molecule has 0 aliphatic carbocycles. The van der Waals surface area contributed by atoms with Gasteiger partial charge in [0.05, 0.1) is 5.69 Å². The summed E-state index contributed by atoms with van der Waals surface area (Å²) in [5.41, 5.74) is 1.28. The number of rotatable bonds is 2. The third-order valence-electron chi connectivity index (χ3n) is 1.39. The Morgan fingerprint density at radius 1 is 1.38 bits per heavy atom. The van der Waals surface area contributed by atoms with Gasteiger partial charge >= 0.3 is 0 Å². The summed E-state index contributed by atoms with van der Waals surface area (Å²) in [6.07, 6.45) is 2.60. The van der Waals surface area contributed by atoms with Crippen LogP contribution in [0.4, 0.5) is 5.69 Å². The van der Waals surface area contributed by atoms with E-state index in [1.165, 1.54) is 0 Å². The summed E-state index contributed by atoms with van der Waals surface area (Å²) in [6, 6.07) is 0. The minimum absolute atomic E-state index is 0.151. The molecule has 0 aromatic carbocycles. The Bertz CT molecular complexity index is 313. The van der Waals surface area contributed by atoms with Crippen LogP contribution in [0.3, 0.4) is 0 Å². The maximum atomic E-state index is 5.82. The van der Waals surface area contributed by atoms with Crippen LogP contribution in [0.5, 0.6) is 0 Å². The molecule has 0 unspecified atom stereocenters. The van der Waals surface area contributed by atoms with Crippen LogP contribution < -0.4 is 0 Å². The molecule has 0 saturated heterocycles. The lowest BCUT2D eigenvalue weighted by Gasteiger charge is -2.00. The van der Waals surface area contributed by atoms with E-state index in [0.29, 0.717) is 16.5 Å². The lowest BCUT2D eigenvalue weighted by molar-refractivity contribution is 1.09. The van der Waals surface area contributed by atoms with E-state index in [0.717, 1.165) is 6.42 Å². The topological polar surface area (TPSA) is 38.1 Å². The van der Waals surface area contributed by atoms with Crippen LogP contribution in [-0.4, -0.2) is 16.2 Å². The van der Waals surface area contributed by atoms with Gasteiger partial charge in [-0.2, -0.15) is 0 Å². The first-order valence-corrected chi connectivity index (χ1v) is 4.63. The Hall–Kier alpha value is -0.670. The van der Waals surface area contributed by atoms with Crippen LogP contribution in [0.15, 0.2) is 4.99 Å². The van der Waals surface area contributed by atoms with Crippen molar-refractivity contribution in [2.45, 2.75) is 20.3 Å². The van der Waals surface area contributed by atoms with Crippen molar-refractivity contribution in [1.29, 1.82) is 0 Å². The van der Waals surface area contributed by atoms with Crippen molar-refractivity contribution >= 4 is 35.1 Å². The molecule has 0 aliphatic rings. The number of halogens is 2. The third kappa shape index (κ3) is 2.64. The first-order chi connectivity index (χ1) is 6.15. The van der Waals surface area contributed by atoms with Crippen molar-refractivity contribution in [2.24, 2.45) is 4.99 Å². The second kappa shape index (κ2) is 4.53. The fourth-order valence-electron chi connectivity index (χ4n) is 0.829. The maximum Gasteiger partial charge on any atom is 0.224 e. The number of aliphatic imine (C=N–C) groups is 1. The van der Waals surface area contributed by atoms with E-state index in [-0.39, 0.29) is 5.28 Å². The Morgan fingerprint density at radius 2 is 2.08 bits per heavy atom. The van der Waals surface area contributed by atoms with Gasteiger partial charge in [0.2, 0.25) is 5.28 Å². The third-order valence-corrected chi connectivity index (χ3v) is 1.82. The van der Waals surface area contributed by atoms with Crippen molar-refractivity contribution in [2.75, 3.05) is 0 Å².